The maximum absolute atomic E-state index is 5.52. The largest absolute Gasteiger partial charge is 0.493 e. The standard InChI is InChI=1S/C14H19NO/c1-2-4-12(5-3-1)15-13-6-7-14-11(10-13)8-9-16-14/h6-7,10,12,15H,1-5,8-9H2. The highest BCUT2D eigenvalue weighted by Gasteiger charge is 2.15. The van der Waals surface area contributed by atoms with Crippen molar-refractivity contribution in [1.82, 2.24) is 0 Å². The minimum atomic E-state index is 0.689. The van der Waals surface area contributed by atoms with Crippen LogP contribution in [0.1, 0.15) is 37.7 Å². The lowest BCUT2D eigenvalue weighted by Crippen LogP contribution is -2.22. The highest BCUT2D eigenvalue weighted by atomic mass is 16.5. The van der Waals surface area contributed by atoms with Gasteiger partial charge in [0.15, 0.2) is 0 Å². The highest BCUT2D eigenvalue weighted by Crippen LogP contribution is 2.29. The van der Waals surface area contributed by atoms with E-state index in [4.69, 9.17) is 4.74 Å². The van der Waals surface area contributed by atoms with E-state index in [-0.39, 0.29) is 0 Å². The number of fused-ring (bicyclic) bond motifs is 1. The summed E-state index contributed by atoms with van der Waals surface area (Å²) >= 11 is 0. The topological polar surface area (TPSA) is 21.3 Å². The first-order valence-corrected chi connectivity index (χ1v) is 6.44. The Morgan fingerprint density at radius 2 is 2.00 bits per heavy atom. The molecule has 1 aromatic rings. The van der Waals surface area contributed by atoms with Crippen LogP contribution < -0.4 is 10.1 Å². The minimum absolute atomic E-state index is 0.689. The fourth-order valence-corrected chi connectivity index (χ4v) is 2.76. The zero-order valence-corrected chi connectivity index (χ0v) is 9.67. The molecule has 0 bridgehead atoms. The first kappa shape index (κ1) is 10.0. The van der Waals surface area contributed by atoms with E-state index in [0.717, 1.165) is 18.8 Å². The van der Waals surface area contributed by atoms with Crippen molar-refractivity contribution < 1.29 is 4.74 Å². The SMILES string of the molecule is c1cc2c(cc1NC1CCCCC1)CCO2. The van der Waals surface area contributed by atoms with Gasteiger partial charge in [0.2, 0.25) is 0 Å². The zero-order chi connectivity index (χ0) is 10.8. The molecule has 1 heterocycles. The summed E-state index contributed by atoms with van der Waals surface area (Å²) in [5.41, 5.74) is 2.64. The Morgan fingerprint density at radius 1 is 1.12 bits per heavy atom. The number of rotatable bonds is 2. The molecule has 0 unspecified atom stereocenters. The van der Waals surface area contributed by atoms with E-state index in [1.54, 1.807) is 0 Å². The number of nitrogens with one attached hydrogen (secondary N) is 1. The van der Waals surface area contributed by atoms with Gasteiger partial charge in [-0.2, -0.15) is 0 Å². The molecule has 1 aromatic carbocycles. The fourth-order valence-electron chi connectivity index (χ4n) is 2.76. The average Bonchev–Trinajstić information content (AvgIpc) is 2.77. The van der Waals surface area contributed by atoms with Gasteiger partial charge >= 0.3 is 0 Å². The van der Waals surface area contributed by atoms with Crippen LogP contribution in [0.4, 0.5) is 5.69 Å². The van der Waals surface area contributed by atoms with Crippen molar-refractivity contribution >= 4 is 5.69 Å². The summed E-state index contributed by atoms with van der Waals surface area (Å²) in [4.78, 5) is 0. The van der Waals surface area contributed by atoms with E-state index in [9.17, 15) is 0 Å². The van der Waals surface area contributed by atoms with E-state index >= 15 is 0 Å². The van der Waals surface area contributed by atoms with Gasteiger partial charge in [0.05, 0.1) is 6.61 Å². The third-order valence-corrected chi connectivity index (χ3v) is 3.67. The molecular weight excluding hydrogens is 198 g/mol. The van der Waals surface area contributed by atoms with Crippen LogP contribution in [0, 0.1) is 0 Å². The number of hydrogen-bond donors (Lipinski definition) is 1. The Morgan fingerprint density at radius 3 is 2.88 bits per heavy atom. The molecule has 3 rings (SSSR count). The summed E-state index contributed by atoms with van der Waals surface area (Å²) < 4.78 is 5.52. The molecule has 16 heavy (non-hydrogen) atoms. The number of ether oxygens (including phenoxy) is 1. The predicted octanol–water partition coefficient (Wildman–Crippen LogP) is 3.37. The molecule has 0 atom stereocenters. The van der Waals surface area contributed by atoms with Crippen LogP contribution in [0.25, 0.3) is 0 Å². The van der Waals surface area contributed by atoms with Crippen molar-refractivity contribution in [3.05, 3.63) is 23.8 Å². The van der Waals surface area contributed by atoms with Crippen LogP contribution in [0.3, 0.4) is 0 Å². The van der Waals surface area contributed by atoms with Crippen molar-refractivity contribution in [2.24, 2.45) is 0 Å². The van der Waals surface area contributed by atoms with Gasteiger partial charge in [-0.3, -0.25) is 0 Å². The summed E-state index contributed by atoms with van der Waals surface area (Å²) in [5.74, 6) is 1.08. The molecule has 0 spiro atoms. The van der Waals surface area contributed by atoms with Crippen LogP contribution in [-0.4, -0.2) is 12.6 Å². The summed E-state index contributed by atoms with van der Waals surface area (Å²) in [6.07, 6.45) is 7.89. The van der Waals surface area contributed by atoms with Crippen molar-refractivity contribution in [3.8, 4) is 5.75 Å². The van der Waals surface area contributed by atoms with Crippen LogP contribution in [0.15, 0.2) is 18.2 Å². The van der Waals surface area contributed by atoms with Gasteiger partial charge in [0.1, 0.15) is 5.75 Å². The molecule has 2 heteroatoms. The van der Waals surface area contributed by atoms with Crippen molar-refractivity contribution in [1.29, 1.82) is 0 Å². The van der Waals surface area contributed by atoms with Crippen molar-refractivity contribution in [3.63, 3.8) is 0 Å². The molecule has 0 saturated heterocycles. The van der Waals surface area contributed by atoms with E-state index in [1.807, 2.05) is 0 Å². The molecule has 86 valence electrons. The van der Waals surface area contributed by atoms with Crippen LogP contribution in [-0.2, 0) is 6.42 Å². The molecule has 1 N–H and O–H groups in total. The van der Waals surface area contributed by atoms with E-state index in [1.165, 1.54) is 43.4 Å². The Bertz CT molecular complexity index is 369. The maximum Gasteiger partial charge on any atom is 0.122 e. The molecule has 1 aliphatic carbocycles. The lowest BCUT2D eigenvalue weighted by Gasteiger charge is -2.24. The zero-order valence-electron chi connectivity index (χ0n) is 9.67. The van der Waals surface area contributed by atoms with Gasteiger partial charge in [-0.1, -0.05) is 19.3 Å². The monoisotopic (exact) mass is 217 g/mol. The first-order chi connectivity index (χ1) is 7.92. The number of anilines is 1. The Labute approximate surface area is 97.0 Å². The molecule has 2 nitrogen and oxygen atoms in total. The smallest absolute Gasteiger partial charge is 0.122 e. The summed E-state index contributed by atoms with van der Waals surface area (Å²) in [5, 5.41) is 3.66. The summed E-state index contributed by atoms with van der Waals surface area (Å²) in [6.45, 7) is 0.849. The predicted molar refractivity (Wildman–Crippen MR) is 66.1 cm³/mol. The van der Waals surface area contributed by atoms with E-state index in [0.29, 0.717) is 6.04 Å². The van der Waals surface area contributed by atoms with Gasteiger partial charge in [-0.15, -0.1) is 0 Å². The molecule has 0 aromatic heterocycles. The van der Waals surface area contributed by atoms with Crippen molar-refractivity contribution in [2.75, 3.05) is 11.9 Å². The third kappa shape index (κ3) is 2.01. The lowest BCUT2D eigenvalue weighted by molar-refractivity contribution is 0.357. The van der Waals surface area contributed by atoms with Crippen LogP contribution >= 0.6 is 0 Å². The molecule has 1 fully saturated rings. The normalized spacial score (nSPS) is 20.2. The second kappa shape index (κ2) is 4.36. The molecule has 1 saturated carbocycles. The van der Waals surface area contributed by atoms with Gasteiger partial charge in [-0.25, -0.2) is 0 Å². The fraction of sp³-hybridized carbons (Fsp3) is 0.571. The summed E-state index contributed by atoms with van der Waals surface area (Å²) in [6, 6.07) is 7.21. The first-order valence-electron chi connectivity index (χ1n) is 6.44. The van der Waals surface area contributed by atoms with E-state index in [2.05, 4.69) is 23.5 Å². The van der Waals surface area contributed by atoms with E-state index < -0.39 is 0 Å². The number of benzene rings is 1. The quantitative estimate of drug-likeness (QED) is 0.820. The second-order valence-electron chi connectivity index (χ2n) is 4.90. The summed E-state index contributed by atoms with van der Waals surface area (Å²) in [7, 11) is 0. The second-order valence-corrected chi connectivity index (χ2v) is 4.90. The van der Waals surface area contributed by atoms with Gasteiger partial charge in [-0.05, 0) is 36.6 Å². The molecular formula is C14H19NO. The molecule has 0 amide bonds. The van der Waals surface area contributed by atoms with Crippen LogP contribution in [0.5, 0.6) is 5.75 Å². The number of hydrogen-bond acceptors (Lipinski definition) is 2. The Kier molecular flexibility index (Phi) is 2.73. The van der Waals surface area contributed by atoms with Gasteiger partial charge in [0.25, 0.3) is 0 Å². The van der Waals surface area contributed by atoms with Gasteiger partial charge < -0.3 is 10.1 Å². The third-order valence-electron chi connectivity index (χ3n) is 3.67. The molecule has 1 aliphatic heterocycles. The molecule has 2 aliphatic rings. The van der Waals surface area contributed by atoms with Crippen molar-refractivity contribution in [2.45, 2.75) is 44.6 Å². The minimum Gasteiger partial charge on any atom is -0.493 e. The highest BCUT2D eigenvalue weighted by molar-refractivity contribution is 5.52. The molecule has 0 radical (unpaired) electrons. The Balaban J connectivity index is 1.69. The average molecular weight is 217 g/mol. The van der Waals surface area contributed by atoms with Crippen LogP contribution in [0.2, 0.25) is 0 Å². The maximum atomic E-state index is 5.52. The lowest BCUT2D eigenvalue weighted by atomic mass is 9.95. The van der Waals surface area contributed by atoms with Gasteiger partial charge in [0, 0.05) is 18.2 Å². The Hall–Kier alpha value is -1.18.